The van der Waals surface area contributed by atoms with Crippen LogP contribution in [-0.2, 0) is 19.8 Å². The molecule has 0 saturated carbocycles. The number of carbonyl (C=O) groups is 2. The highest BCUT2D eigenvalue weighted by Crippen LogP contribution is 2.22. The number of hydrogen-bond donors (Lipinski definition) is 4. The van der Waals surface area contributed by atoms with Crippen LogP contribution in [0.4, 0.5) is 0 Å². The van der Waals surface area contributed by atoms with Crippen molar-refractivity contribution in [2.24, 2.45) is 0 Å². The number of esters is 1. The molecule has 0 heterocycles. The minimum atomic E-state index is -0.658. The summed E-state index contributed by atoms with van der Waals surface area (Å²) < 4.78 is 5.14. The molecule has 4 aromatic carbocycles. The second-order valence-corrected chi connectivity index (χ2v) is 7.63. The van der Waals surface area contributed by atoms with E-state index in [4.69, 9.17) is 9.84 Å². The van der Waals surface area contributed by atoms with E-state index in [9.17, 15) is 24.9 Å². The van der Waals surface area contributed by atoms with Gasteiger partial charge in [0.15, 0.2) is 5.78 Å². The summed E-state index contributed by atoms with van der Waals surface area (Å²) >= 11 is 0. The van der Waals surface area contributed by atoms with Crippen LogP contribution in [0.5, 0.6) is 11.5 Å². The SMILES string of the molecule is O=C(Oc1ccccc1CO)c1ccccc1O.O=C(c1ccccc1)c1cccc(CO)c1CO. The largest absolute Gasteiger partial charge is 0.507 e. The number of aromatic hydroxyl groups is 1. The average molecular weight is 487 g/mol. The van der Waals surface area contributed by atoms with Crippen LogP contribution in [-0.4, -0.2) is 32.2 Å². The Morgan fingerprint density at radius 2 is 1.19 bits per heavy atom. The topological polar surface area (TPSA) is 124 Å². The van der Waals surface area contributed by atoms with Crippen LogP contribution in [0, 0.1) is 0 Å². The molecule has 0 aromatic heterocycles. The number of carbonyl (C=O) groups excluding carboxylic acids is 2. The maximum atomic E-state index is 12.3. The molecular formula is C29H26O7. The van der Waals surface area contributed by atoms with E-state index in [0.29, 0.717) is 27.8 Å². The van der Waals surface area contributed by atoms with Crippen LogP contribution in [0.1, 0.15) is 43.0 Å². The molecule has 4 N–H and O–H groups in total. The first kappa shape index (κ1) is 26.3. The molecular weight excluding hydrogens is 460 g/mol. The van der Waals surface area contributed by atoms with E-state index in [0.717, 1.165) is 0 Å². The van der Waals surface area contributed by atoms with Crippen LogP contribution in [0.2, 0.25) is 0 Å². The van der Waals surface area contributed by atoms with Crippen LogP contribution in [0.3, 0.4) is 0 Å². The van der Waals surface area contributed by atoms with E-state index < -0.39 is 5.97 Å². The first-order valence-electron chi connectivity index (χ1n) is 11.1. The van der Waals surface area contributed by atoms with Crippen LogP contribution >= 0.6 is 0 Å². The van der Waals surface area contributed by atoms with E-state index in [1.807, 2.05) is 6.07 Å². The molecule has 7 heteroatoms. The van der Waals surface area contributed by atoms with Gasteiger partial charge in [-0.2, -0.15) is 0 Å². The Balaban J connectivity index is 0.000000201. The molecule has 7 nitrogen and oxygen atoms in total. The zero-order chi connectivity index (χ0) is 25.9. The lowest BCUT2D eigenvalue weighted by Gasteiger charge is -2.10. The molecule has 0 bridgehead atoms. The predicted molar refractivity (Wildman–Crippen MR) is 134 cm³/mol. The molecule has 0 aliphatic carbocycles. The number of hydrogen-bond acceptors (Lipinski definition) is 7. The van der Waals surface area contributed by atoms with Gasteiger partial charge in [-0.05, 0) is 29.3 Å². The van der Waals surface area contributed by atoms with Gasteiger partial charge in [-0.25, -0.2) is 4.79 Å². The molecule has 4 rings (SSSR count). The minimum absolute atomic E-state index is 0.0882. The van der Waals surface area contributed by atoms with Crippen molar-refractivity contribution in [3.05, 3.63) is 130 Å². The van der Waals surface area contributed by atoms with E-state index in [1.165, 1.54) is 12.1 Å². The Morgan fingerprint density at radius 3 is 1.86 bits per heavy atom. The van der Waals surface area contributed by atoms with Crippen molar-refractivity contribution in [1.82, 2.24) is 0 Å². The summed E-state index contributed by atoms with van der Waals surface area (Å²) in [5.41, 5.74) is 2.69. The maximum Gasteiger partial charge on any atom is 0.347 e. The molecule has 0 aliphatic heterocycles. The third-order valence-corrected chi connectivity index (χ3v) is 5.35. The normalized spacial score (nSPS) is 10.2. The Hall–Kier alpha value is -4.30. The van der Waals surface area contributed by atoms with Gasteiger partial charge in [-0.3, -0.25) is 4.79 Å². The van der Waals surface area contributed by atoms with Gasteiger partial charge >= 0.3 is 5.97 Å². The number of phenols is 1. The van der Waals surface area contributed by atoms with Gasteiger partial charge in [0.25, 0.3) is 0 Å². The Morgan fingerprint density at radius 1 is 0.611 bits per heavy atom. The molecule has 0 amide bonds. The van der Waals surface area contributed by atoms with Crippen LogP contribution < -0.4 is 4.74 Å². The van der Waals surface area contributed by atoms with Crippen molar-refractivity contribution in [3.8, 4) is 11.5 Å². The molecule has 0 fully saturated rings. The monoisotopic (exact) mass is 486 g/mol. The maximum absolute atomic E-state index is 12.3. The van der Waals surface area contributed by atoms with Crippen molar-refractivity contribution >= 4 is 11.8 Å². The summed E-state index contributed by atoms with van der Waals surface area (Å²) in [6.45, 7) is -0.666. The first-order chi connectivity index (χ1) is 17.5. The summed E-state index contributed by atoms with van der Waals surface area (Å²) in [5, 5.41) is 37.2. The number of phenolic OH excluding ortho intramolecular Hbond substituents is 1. The van der Waals surface area contributed by atoms with Crippen LogP contribution in [0.25, 0.3) is 0 Å². The lowest BCUT2D eigenvalue weighted by molar-refractivity contribution is 0.0727. The quantitative estimate of drug-likeness (QED) is 0.177. The van der Waals surface area contributed by atoms with Gasteiger partial charge in [0, 0.05) is 16.7 Å². The van der Waals surface area contributed by atoms with Gasteiger partial charge in [-0.15, -0.1) is 0 Å². The second kappa shape index (κ2) is 13.0. The van der Waals surface area contributed by atoms with Gasteiger partial charge in [-0.1, -0.05) is 78.9 Å². The average Bonchev–Trinajstić information content (AvgIpc) is 2.93. The van der Waals surface area contributed by atoms with Crippen molar-refractivity contribution in [3.63, 3.8) is 0 Å². The Labute approximate surface area is 208 Å². The second-order valence-electron chi connectivity index (χ2n) is 7.63. The fourth-order valence-electron chi connectivity index (χ4n) is 3.46. The van der Waals surface area contributed by atoms with Crippen molar-refractivity contribution in [2.45, 2.75) is 19.8 Å². The first-order valence-corrected chi connectivity index (χ1v) is 11.1. The number of rotatable bonds is 7. The number of para-hydroxylation sites is 2. The molecule has 0 aliphatic rings. The zero-order valence-electron chi connectivity index (χ0n) is 19.4. The smallest absolute Gasteiger partial charge is 0.347 e. The van der Waals surface area contributed by atoms with Gasteiger partial charge in [0.1, 0.15) is 17.1 Å². The summed E-state index contributed by atoms with van der Waals surface area (Å²) in [6.07, 6.45) is 0. The predicted octanol–water partition coefficient (Wildman–Crippen LogP) is 4.01. The molecule has 0 spiro atoms. The fraction of sp³-hybridized carbons (Fsp3) is 0.103. The minimum Gasteiger partial charge on any atom is -0.507 e. The standard InChI is InChI=1S/C15H14O3.C14H12O4/c16-9-12-7-4-8-13(14(12)10-17)15(18)11-5-2-1-3-6-11;15-9-10-5-1-4-8-13(10)18-14(17)11-6-2-3-7-12(11)16/h1-8,16-17H,9-10H2;1-8,15-16H,9H2. The van der Waals surface area contributed by atoms with Crippen molar-refractivity contribution in [1.29, 1.82) is 0 Å². The third-order valence-electron chi connectivity index (χ3n) is 5.35. The van der Waals surface area contributed by atoms with E-state index >= 15 is 0 Å². The zero-order valence-corrected chi connectivity index (χ0v) is 19.4. The number of aliphatic hydroxyl groups excluding tert-OH is 3. The number of ether oxygens (including phenoxy) is 1. The number of ketones is 1. The van der Waals surface area contributed by atoms with Gasteiger partial charge in [0.2, 0.25) is 0 Å². The molecule has 0 radical (unpaired) electrons. The van der Waals surface area contributed by atoms with Crippen molar-refractivity contribution in [2.75, 3.05) is 0 Å². The highest BCUT2D eigenvalue weighted by molar-refractivity contribution is 6.10. The van der Waals surface area contributed by atoms with E-state index in [2.05, 4.69) is 0 Å². The molecule has 4 aromatic rings. The molecule has 0 atom stereocenters. The van der Waals surface area contributed by atoms with Crippen LogP contribution in [0.15, 0.2) is 97.1 Å². The number of aliphatic hydroxyl groups is 3. The number of benzene rings is 4. The Kier molecular flexibility index (Phi) is 9.48. The molecule has 0 saturated heterocycles. The third kappa shape index (κ3) is 6.43. The lowest BCUT2D eigenvalue weighted by Crippen LogP contribution is -2.10. The highest BCUT2D eigenvalue weighted by atomic mass is 16.5. The van der Waals surface area contributed by atoms with Gasteiger partial charge < -0.3 is 25.2 Å². The fourth-order valence-corrected chi connectivity index (χ4v) is 3.46. The van der Waals surface area contributed by atoms with E-state index in [1.54, 1.807) is 78.9 Å². The lowest BCUT2D eigenvalue weighted by atomic mass is 9.95. The summed E-state index contributed by atoms with van der Waals surface area (Å²) in [5.74, 6) is -0.652. The summed E-state index contributed by atoms with van der Waals surface area (Å²) in [6, 6.07) is 26.8. The highest BCUT2D eigenvalue weighted by Gasteiger charge is 2.16. The van der Waals surface area contributed by atoms with Crippen molar-refractivity contribution < 1.29 is 34.8 Å². The Bertz CT molecular complexity index is 1320. The van der Waals surface area contributed by atoms with Gasteiger partial charge in [0.05, 0.1) is 19.8 Å². The summed E-state index contributed by atoms with van der Waals surface area (Å²) in [4.78, 5) is 24.1. The summed E-state index contributed by atoms with van der Waals surface area (Å²) in [7, 11) is 0. The van der Waals surface area contributed by atoms with E-state index in [-0.39, 0.29) is 42.7 Å². The molecule has 0 unspecified atom stereocenters. The molecule has 184 valence electrons. The molecule has 36 heavy (non-hydrogen) atoms.